The molecule has 29 heavy (non-hydrogen) atoms. The third-order valence-corrected chi connectivity index (χ3v) is 5.44. The highest BCUT2D eigenvalue weighted by Gasteiger charge is 2.17. The number of rotatable bonds is 5. The molecule has 3 N–H and O–H groups in total. The highest BCUT2D eigenvalue weighted by atomic mass is 79.9. The topological polar surface area (TPSA) is 78.4 Å². The molecular weight excluding hydrogens is 479 g/mol. The summed E-state index contributed by atoms with van der Waals surface area (Å²) in [5, 5.41) is 15.2. The number of hydrogen-bond acceptors (Lipinski definition) is 3. The molecule has 5 nitrogen and oxygen atoms in total. The molecule has 0 aliphatic heterocycles. The van der Waals surface area contributed by atoms with Crippen LogP contribution >= 0.6 is 39.1 Å². The van der Waals surface area contributed by atoms with Gasteiger partial charge in [0.1, 0.15) is 0 Å². The van der Waals surface area contributed by atoms with Gasteiger partial charge in [0.25, 0.3) is 0 Å². The standard InChI is InChI=1S/C21H15BrCl2N2O3/c1-11-14(3-2-4-16(11)23)20(27)15-7-6-13(10-17(15)24)25-18-8-5-12(22)9-19(18)26-21(28)29/h2-10,25-26H,1H3,(H,28,29). The first-order valence-corrected chi connectivity index (χ1v) is 9.97. The first kappa shape index (κ1) is 21.2. The van der Waals surface area contributed by atoms with Crippen molar-refractivity contribution < 1.29 is 14.7 Å². The van der Waals surface area contributed by atoms with E-state index in [9.17, 15) is 9.59 Å². The largest absolute Gasteiger partial charge is 0.465 e. The zero-order chi connectivity index (χ0) is 21.1. The minimum absolute atomic E-state index is 0.224. The number of ketones is 1. The molecule has 0 saturated carbocycles. The Morgan fingerprint density at radius 2 is 1.69 bits per heavy atom. The molecule has 0 saturated heterocycles. The molecule has 0 atom stereocenters. The molecule has 0 bridgehead atoms. The number of carbonyl (C=O) groups excluding carboxylic acids is 1. The smallest absolute Gasteiger partial charge is 0.409 e. The third-order valence-electron chi connectivity index (χ3n) is 4.23. The number of carbonyl (C=O) groups is 2. The van der Waals surface area contributed by atoms with Gasteiger partial charge in [-0.05, 0) is 55.0 Å². The van der Waals surface area contributed by atoms with Crippen molar-refractivity contribution in [3.05, 3.63) is 85.8 Å². The van der Waals surface area contributed by atoms with Gasteiger partial charge < -0.3 is 10.4 Å². The average molecular weight is 494 g/mol. The van der Waals surface area contributed by atoms with E-state index in [1.165, 1.54) is 0 Å². The van der Waals surface area contributed by atoms with Crippen LogP contribution in [0.1, 0.15) is 21.5 Å². The summed E-state index contributed by atoms with van der Waals surface area (Å²) in [5.74, 6) is -0.224. The molecule has 0 aromatic heterocycles. The van der Waals surface area contributed by atoms with Crippen molar-refractivity contribution in [2.75, 3.05) is 10.6 Å². The monoisotopic (exact) mass is 492 g/mol. The van der Waals surface area contributed by atoms with E-state index in [-0.39, 0.29) is 10.8 Å². The molecule has 0 aliphatic rings. The van der Waals surface area contributed by atoms with Gasteiger partial charge in [-0.1, -0.05) is 51.3 Å². The SMILES string of the molecule is Cc1c(Cl)cccc1C(=O)c1ccc(Nc2ccc(Br)cc2NC(=O)O)cc1Cl. The Morgan fingerprint density at radius 1 is 0.931 bits per heavy atom. The Balaban J connectivity index is 1.90. The second-order valence-corrected chi connectivity index (χ2v) is 7.91. The van der Waals surface area contributed by atoms with Crippen molar-refractivity contribution >= 4 is 68.1 Å². The Morgan fingerprint density at radius 3 is 2.38 bits per heavy atom. The second-order valence-electron chi connectivity index (χ2n) is 6.18. The molecule has 0 radical (unpaired) electrons. The Hall–Kier alpha value is -2.54. The van der Waals surface area contributed by atoms with Gasteiger partial charge in [-0.3, -0.25) is 10.1 Å². The first-order chi connectivity index (χ1) is 13.8. The van der Waals surface area contributed by atoms with E-state index in [0.29, 0.717) is 38.8 Å². The molecule has 3 aromatic carbocycles. The van der Waals surface area contributed by atoms with Crippen LogP contribution in [0.15, 0.2) is 59.1 Å². The molecule has 3 aromatic rings. The lowest BCUT2D eigenvalue weighted by atomic mass is 9.99. The zero-order valence-electron chi connectivity index (χ0n) is 15.1. The number of anilines is 3. The quantitative estimate of drug-likeness (QED) is 0.330. The van der Waals surface area contributed by atoms with Crippen molar-refractivity contribution in [1.29, 1.82) is 0 Å². The lowest BCUT2D eigenvalue weighted by Crippen LogP contribution is -2.09. The number of halogens is 3. The van der Waals surface area contributed by atoms with Crippen LogP contribution in [-0.4, -0.2) is 17.0 Å². The number of amides is 1. The van der Waals surface area contributed by atoms with Crippen LogP contribution in [-0.2, 0) is 0 Å². The van der Waals surface area contributed by atoms with E-state index in [4.69, 9.17) is 28.3 Å². The summed E-state index contributed by atoms with van der Waals surface area (Å²) in [6, 6.07) is 15.2. The van der Waals surface area contributed by atoms with Crippen molar-refractivity contribution in [3.63, 3.8) is 0 Å². The van der Waals surface area contributed by atoms with Gasteiger partial charge in [-0.25, -0.2) is 4.79 Å². The van der Waals surface area contributed by atoms with Crippen molar-refractivity contribution in [1.82, 2.24) is 0 Å². The van der Waals surface area contributed by atoms with Gasteiger partial charge in [0.15, 0.2) is 5.78 Å². The summed E-state index contributed by atoms with van der Waals surface area (Å²) in [7, 11) is 0. The van der Waals surface area contributed by atoms with Crippen molar-refractivity contribution in [3.8, 4) is 0 Å². The lowest BCUT2D eigenvalue weighted by Gasteiger charge is -2.14. The maximum Gasteiger partial charge on any atom is 0.409 e. The molecule has 0 unspecified atom stereocenters. The van der Waals surface area contributed by atoms with Crippen LogP contribution in [0.3, 0.4) is 0 Å². The van der Waals surface area contributed by atoms with E-state index >= 15 is 0 Å². The Labute approximate surface area is 185 Å². The van der Waals surface area contributed by atoms with E-state index < -0.39 is 6.09 Å². The summed E-state index contributed by atoms with van der Waals surface area (Å²) in [6.07, 6.45) is -1.18. The van der Waals surface area contributed by atoms with Crippen LogP contribution in [0, 0.1) is 6.92 Å². The third kappa shape index (κ3) is 4.90. The maximum absolute atomic E-state index is 12.9. The van der Waals surface area contributed by atoms with E-state index in [1.807, 2.05) is 0 Å². The fourth-order valence-electron chi connectivity index (χ4n) is 2.78. The lowest BCUT2D eigenvalue weighted by molar-refractivity contribution is 0.103. The summed E-state index contributed by atoms with van der Waals surface area (Å²) in [5.41, 5.74) is 3.04. The normalized spacial score (nSPS) is 10.5. The summed E-state index contributed by atoms with van der Waals surface area (Å²) in [6.45, 7) is 1.78. The highest BCUT2D eigenvalue weighted by Crippen LogP contribution is 2.32. The fourth-order valence-corrected chi connectivity index (χ4v) is 3.58. The minimum Gasteiger partial charge on any atom is -0.465 e. The highest BCUT2D eigenvalue weighted by molar-refractivity contribution is 9.10. The summed E-state index contributed by atoms with van der Waals surface area (Å²) in [4.78, 5) is 23.9. The average Bonchev–Trinajstić information content (AvgIpc) is 2.65. The van der Waals surface area contributed by atoms with E-state index in [0.717, 1.165) is 4.47 Å². The molecular formula is C21H15BrCl2N2O3. The molecule has 0 aliphatic carbocycles. The number of nitrogens with one attached hydrogen (secondary N) is 2. The van der Waals surface area contributed by atoms with Gasteiger partial charge in [-0.15, -0.1) is 0 Å². The zero-order valence-corrected chi connectivity index (χ0v) is 18.2. The number of benzene rings is 3. The predicted octanol–water partition coefficient (Wildman–Crippen LogP) is 7.13. The van der Waals surface area contributed by atoms with Crippen LogP contribution in [0.25, 0.3) is 0 Å². The van der Waals surface area contributed by atoms with Gasteiger partial charge in [0.05, 0.1) is 16.4 Å². The molecule has 0 spiro atoms. The van der Waals surface area contributed by atoms with Gasteiger partial charge in [0.2, 0.25) is 0 Å². The van der Waals surface area contributed by atoms with Crippen LogP contribution in [0.5, 0.6) is 0 Å². The molecule has 1 amide bonds. The summed E-state index contributed by atoms with van der Waals surface area (Å²) >= 11 is 15.8. The van der Waals surface area contributed by atoms with E-state index in [1.54, 1.807) is 61.5 Å². The molecule has 148 valence electrons. The van der Waals surface area contributed by atoms with Crippen LogP contribution < -0.4 is 10.6 Å². The van der Waals surface area contributed by atoms with Gasteiger partial charge >= 0.3 is 6.09 Å². The minimum atomic E-state index is -1.18. The van der Waals surface area contributed by atoms with Crippen molar-refractivity contribution in [2.24, 2.45) is 0 Å². The fraction of sp³-hybridized carbons (Fsp3) is 0.0476. The van der Waals surface area contributed by atoms with Crippen LogP contribution in [0.4, 0.5) is 21.9 Å². The maximum atomic E-state index is 12.9. The Bertz CT molecular complexity index is 1120. The molecule has 8 heteroatoms. The van der Waals surface area contributed by atoms with Crippen molar-refractivity contribution in [2.45, 2.75) is 6.92 Å². The Kier molecular flexibility index (Phi) is 6.47. The number of hydrogen-bond donors (Lipinski definition) is 3. The second kappa shape index (κ2) is 8.86. The van der Waals surface area contributed by atoms with Gasteiger partial charge in [0, 0.05) is 26.3 Å². The van der Waals surface area contributed by atoms with Gasteiger partial charge in [-0.2, -0.15) is 0 Å². The number of carboxylic acid groups (broad SMARTS) is 1. The van der Waals surface area contributed by atoms with E-state index in [2.05, 4.69) is 26.6 Å². The molecule has 3 rings (SSSR count). The van der Waals surface area contributed by atoms with Crippen LogP contribution in [0.2, 0.25) is 10.0 Å². The first-order valence-electron chi connectivity index (χ1n) is 8.42. The molecule has 0 heterocycles. The molecule has 0 fully saturated rings. The summed E-state index contributed by atoms with van der Waals surface area (Å²) < 4.78 is 0.725. The predicted molar refractivity (Wildman–Crippen MR) is 120 cm³/mol.